The van der Waals surface area contributed by atoms with Crippen LogP contribution in [0.1, 0.15) is 17.5 Å². The lowest BCUT2D eigenvalue weighted by Gasteiger charge is -2.18. The van der Waals surface area contributed by atoms with Gasteiger partial charge in [0, 0.05) is 6.42 Å². The zero-order valence-electron chi connectivity index (χ0n) is 9.32. The van der Waals surface area contributed by atoms with Crippen molar-refractivity contribution in [2.45, 2.75) is 18.8 Å². The average Bonchev–Trinajstić information content (AvgIpc) is 2.26. The Bertz CT molecular complexity index is 445. The highest BCUT2D eigenvalue weighted by molar-refractivity contribution is 5.93. The van der Waals surface area contributed by atoms with Crippen LogP contribution >= 0.6 is 0 Å². The summed E-state index contributed by atoms with van der Waals surface area (Å²) >= 11 is 0. The van der Waals surface area contributed by atoms with Crippen LogP contribution in [-0.4, -0.2) is 5.91 Å². The number of carbonyl (C=O) groups excluding carboxylic acids is 1. The maximum Gasteiger partial charge on any atom is 0.418 e. The number of alkyl halides is 6. The van der Waals surface area contributed by atoms with Crippen molar-refractivity contribution >= 4 is 11.6 Å². The van der Waals surface area contributed by atoms with E-state index < -0.39 is 41.5 Å². The molecule has 0 aliphatic rings. The predicted molar refractivity (Wildman–Crippen MR) is 55.0 cm³/mol. The molecule has 1 aromatic carbocycles. The first-order valence-electron chi connectivity index (χ1n) is 4.94. The number of anilines is 1. The van der Waals surface area contributed by atoms with E-state index >= 15 is 0 Å². The summed E-state index contributed by atoms with van der Waals surface area (Å²) in [6.07, 6.45) is -10.5. The second-order valence-electron chi connectivity index (χ2n) is 3.52. The van der Waals surface area contributed by atoms with Crippen LogP contribution in [0.15, 0.2) is 18.2 Å². The van der Waals surface area contributed by atoms with E-state index in [1.807, 2.05) is 0 Å². The molecule has 2 nitrogen and oxygen atoms in total. The van der Waals surface area contributed by atoms with Gasteiger partial charge in [-0.25, -0.2) is 0 Å². The Labute approximate surface area is 104 Å². The largest absolute Gasteiger partial charge is 0.418 e. The summed E-state index contributed by atoms with van der Waals surface area (Å²) < 4.78 is 75.8. The predicted octanol–water partition coefficient (Wildman–Crippen LogP) is 3.89. The van der Waals surface area contributed by atoms with E-state index in [1.54, 1.807) is 5.32 Å². The number of carbonyl (C=O) groups is 1. The fourth-order valence-electron chi connectivity index (χ4n) is 1.36. The van der Waals surface area contributed by atoms with Gasteiger partial charge in [-0.2, -0.15) is 26.3 Å². The molecule has 0 heterocycles. The summed E-state index contributed by atoms with van der Waals surface area (Å²) in [5.41, 5.74) is -4.40. The lowest BCUT2D eigenvalue weighted by atomic mass is 10.1. The molecule has 0 saturated heterocycles. The summed E-state index contributed by atoms with van der Waals surface area (Å²) in [5, 5.41) is 1.60. The van der Waals surface area contributed by atoms with Crippen molar-refractivity contribution < 1.29 is 31.1 Å². The minimum atomic E-state index is -5.01. The topological polar surface area (TPSA) is 29.1 Å². The molecule has 0 saturated carbocycles. The number of halogens is 6. The van der Waals surface area contributed by atoms with Gasteiger partial charge in [0.05, 0.1) is 16.8 Å². The number of para-hydroxylation sites is 1. The van der Waals surface area contributed by atoms with Crippen LogP contribution < -0.4 is 5.32 Å². The molecular weight excluding hydrogens is 276 g/mol. The number of hydrogen-bond acceptors (Lipinski definition) is 1. The second-order valence-corrected chi connectivity index (χ2v) is 3.52. The third kappa shape index (κ3) is 3.62. The summed E-state index contributed by atoms with van der Waals surface area (Å²) in [4.78, 5) is 11.0. The number of rotatable bonds is 2. The standard InChI is InChI=1S/C11H8F6NO/c1-2-8(19)18-9-6(10(12,13)14)4-3-5-7(9)11(15,16)17/h3-5H,1-2H2,(H,18,19). The maximum absolute atomic E-state index is 12.6. The van der Waals surface area contributed by atoms with Crippen LogP contribution in [0.3, 0.4) is 0 Å². The highest BCUT2D eigenvalue weighted by Crippen LogP contribution is 2.42. The third-order valence-corrected chi connectivity index (χ3v) is 2.17. The van der Waals surface area contributed by atoms with Crippen LogP contribution in [0.2, 0.25) is 0 Å². The molecule has 0 bridgehead atoms. The molecule has 8 heteroatoms. The minimum absolute atomic E-state index is 0.466. The summed E-state index contributed by atoms with van der Waals surface area (Å²) in [6.45, 7) is 3.09. The van der Waals surface area contributed by atoms with Gasteiger partial charge in [-0.1, -0.05) is 6.07 Å². The SMILES string of the molecule is [CH2]CC(=O)Nc1c(C(F)(F)F)cccc1C(F)(F)F. The van der Waals surface area contributed by atoms with Gasteiger partial charge in [-0.05, 0) is 19.1 Å². The van der Waals surface area contributed by atoms with E-state index in [0.29, 0.717) is 18.2 Å². The zero-order valence-corrected chi connectivity index (χ0v) is 9.32. The molecule has 0 fully saturated rings. The third-order valence-electron chi connectivity index (χ3n) is 2.17. The molecule has 0 aromatic heterocycles. The molecule has 0 unspecified atom stereocenters. The van der Waals surface area contributed by atoms with Crippen molar-refractivity contribution in [2.24, 2.45) is 0 Å². The van der Waals surface area contributed by atoms with Gasteiger partial charge in [-0.3, -0.25) is 4.79 Å². The molecule has 1 rings (SSSR count). The van der Waals surface area contributed by atoms with Crippen LogP contribution in [0, 0.1) is 6.92 Å². The molecule has 19 heavy (non-hydrogen) atoms. The number of amides is 1. The van der Waals surface area contributed by atoms with Gasteiger partial charge in [0.15, 0.2) is 0 Å². The number of hydrogen-bond donors (Lipinski definition) is 1. The van der Waals surface area contributed by atoms with Crippen molar-refractivity contribution in [2.75, 3.05) is 5.32 Å². The van der Waals surface area contributed by atoms with Crippen LogP contribution in [-0.2, 0) is 17.1 Å². The van der Waals surface area contributed by atoms with Gasteiger partial charge in [0.1, 0.15) is 0 Å². The maximum atomic E-state index is 12.6. The van der Waals surface area contributed by atoms with Gasteiger partial charge < -0.3 is 5.32 Å². The van der Waals surface area contributed by atoms with Crippen molar-refractivity contribution in [3.8, 4) is 0 Å². The van der Waals surface area contributed by atoms with Crippen LogP contribution in [0.25, 0.3) is 0 Å². The smallest absolute Gasteiger partial charge is 0.325 e. The summed E-state index contributed by atoms with van der Waals surface area (Å²) in [7, 11) is 0. The first kappa shape index (κ1) is 15.3. The molecule has 1 radical (unpaired) electrons. The molecule has 1 N–H and O–H groups in total. The molecule has 0 atom stereocenters. The van der Waals surface area contributed by atoms with Gasteiger partial charge in [0.25, 0.3) is 0 Å². The molecule has 1 aromatic rings. The molecule has 0 aliphatic heterocycles. The quantitative estimate of drug-likeness (QED) is 0.820. The highest BCUT2D eigenvalue weighted by atomic mass is 19.4. The zero-order chi connectivity index (χ0) is 14.8. The molecular formula is C11H8F6NO. The van der Waals surface area contributed by atoms with Crippen LogP contribution in [0.4, 0.5) is 32.0 Å². The Morgan fingerprint density at radius 2 is 1.47 bits per heavy atom. The van der Waals surface area contributed by atoms with E-state index in [-0.39, 0.29) is 0 Å². The molecule has 105 valence electrons. The van der Waals surface area contributed by atoms with Crippen molar-refractivity contribution in [3.63, 3.8) is 0 Å². The number of benzene rings is 1. The number of nitrogens with one attached hydrogen (secondary N) is 1. The second kappa shape index (κ2) is 5.10. The molecule has 0 spiro atoms. The first-order chi connectivity index (χ1) is 8.57. The van der Waals surface area contributed by atoms with Crippen molar-refractivity contribution in [3.05, 3.63) is 36.2 Å². The Morgan fingerprint density at radius 3 is 1.79 bits per heavy atom. The highest BCUT2D eigenvalue weighted by Gasteiger charge is 2.41. The summed E-state index contributed by atoms with van der Waals surface area (Å²) in [5.74, 6) is -1.04. The Balaban J connectivity index is 3.45. The van der Waals surface area contributed by atoms with E-state index in [9.17, 15) is 31.1 Å². The molecule has 1 amide bonds. The first-order valence-corrected chi connectivity index (χ1v) is 4.94. The fraction of sp³-hybridized carbons (Fsp3) is 0.273. The van der Waals surface area contributed by atoms with E-state index in [0.717, 1.165) is 0 Å². The van der Waals surface area contributed by atoms with E-state index in [1.165, 1.54) is 0 Å². The Kier molecular flexibility index (Phi) is 4.12. The van der Waals surface area contributed by atoms with E-state index in [2.05, 4.69) is 6.92 Å². The van der Waals surface area contributed by atoms with Gasteiger partial charge >= 0.3 is 12.4 Å². The normalized spacial score (nSPS) is 12.4. The Morgan fingerprint density at radius 1 is 1.05 bits per heavy atom. The minimum Gasteiger partial charge on any atom is -0.325 e. The lowest BCUT2D eigenvalue weighted by Crippen LogP contribution is -2.20. The van der Waals surface area contributed by atoms with Crippen molar-refractivity contribution in [1.82, 2.24) is 0 Å². The molecule has 0 aliphatic carbocycles. The lowest BCUT2D eigenvalue weighted by molar-refractivity contribution is -0.141. The van der Waals surface area contributed by atoms with Crippen molar-refractivity contribution in [1.29, 1.82) is 0 Å². The summed E-state index contributed by atoms with van der Waals surface area (Å²) in [6, 6.07) is 1.56. The van der Waals surface area contributed by atoms with Crippen LogP contribution in [0.5, 0.6) is 0 Å². The Hall–Kier alpha value is -1.73. The van der Waals surface area contributed by atoms with Gasteiger partial charge in [-0.15, -0.1) is 0 Å². The van der Waals surface area contributed by atoms with Gasteiger partial charge in [0.2, 0.25) is 5.91 Å². The van der Waals surface area contributed by atoms with E-state index in [4.69, 9.17) is 0 Å². The fourth-order valence-corrected chi connectivity index (χ4v) is 1.36. The monoisotopic (exact) mass is 284 g/mol. The average molecular weight is 284 g/mol.